The van der Waals surface area contributed by atoms with Crippen molar-refractivity contribution in [1.29, 1.82) is 0 Å². The monoisotopic (exact) mass is 354 g/mol. The van der Waals surface area contributed by atoms with Gasteiger partial charge < -0.3 is 5.32 Å². The second kappa shape index (κ2) is 7.36. The smallest absolute Gasteiger partial charge is 0.235 e. The molecule has 22 heavy (non-hydrogen) atoms. The van der Waals surface area contributed by atoms with Crippen molar-refractivity contribution in [3.05, 3.63) is 51.1 Å². The number of carbonyl (C=O) groups excluding carboxylic acids is 1. The molecule has 0 aliphatic heterocycles. The second-order valence-electron chi connectivity index (χ2n) is 4.98. The predicted molar refractivity (Wildman–Crippen MR) is 94.3 cm³/mol. The average molecular weight is 355 g/mol. The van der Waals surface area contributed by atoms with Crippen molar-refractivity contribution in [3.8, 4) is 0 Å². The number of pyridine rings is 1. The second-order valence-corrected chi connectivity index (χ2v) is 6.81. The van der Waals surface area contributed by atoms with E-state index in [1.807, 2.05) is 6.07 Å². The molecule has 1 N–H and O–H groups in total. The third kappa shape index (κ3) is 4.15. The van der Waals surface area contributed by atoms with Gasteiger partial charge in [-0.25, -0.2) is 4.98 Å². The number of halogens is 2. The van der Waals surface area contributed by atoms with Gasteiger partial charge in [0.15, 0.2) is 5.82 Å². The van der Waals surface area contributed by atoms with E-state index in [9.17, 15) is 4.79 Å². The van der Waals surface area contributed by atoms with E-state index >= 15 is 0 Å². The summed E-state index contributed by atoms with van der Waals surface area (Å²) in [6, 6.07) is 6.14. The predicted octanol–water partition coefficient (Wildman–Crippen LogP) is 5.04. The minimum Gasteiger partial charge on any atom is -0.309 e. The standard InChI is InChI=1S/C16H16Cl2N2OS/c1-9-4-5-12(6-10(9)2)22-8-14(21)20-16-15(18)11(3)13(17)7-19-16/h4-7H,8H2,1-3H3,(H,19,20,21). The molecule has 116 valence electrons. The molecule has 0 aliphatic rings. The Morgan fingerprint density at radius 1 is 1.23 bits per heavy atom. The minimum absolute atomic E-state index is 0.153. The number of hydrogen-bond donors (Lipinski definition) is 1. The summed E-state index contributed by atoms with van der Waals surface area (Å²) in [4.78, 5) is 17.1. The van der Waals surface area contributed by atoms with Crippen molar-refractivity contribution in [2.75, 3.05) is 11.1 Å². The highest BCUT2D eigenvalue weighted by atomic mass is 35.5. The molecule has 0 fully saturated rings. The quantitative estimate of drug-likeness (QED) is 0.781. The molecule has 0 spiro atoms. The third-order valence-electron chi connectivity index (χ3n) is 3.31. The van der Waals surface area contributed by atoms with Gasteiger partial charge in [0, 0.05) is 11.1 Å². The summed E-state index contributed by atoms with van der Waals surface area (Å²) in [6.07, 6.45) is 1.48. The van der Waals surface area contributed by atoms with E-state index in [1.165, 1.54) is 29.1 Å². The summed E-state index contributed by atoms with van der Waals surface area (Å²) in [5.41, 5.74) is 3.15. The highest BCUT2D eigenvalue weighted by molar-refractivity contribution is 8.00. The molecule has 1 heterocycles. The Kier molecular flexibility index (Phi) is 5.73. The van der Waals surface area contributed by atoms with Crippen LogP contribution in [-0.2, 0) is 4.79 Å². The lowest BCUT2D eigenvalue weighted by Gasteiger charge is -2.09. The van der Waals surface area contributed by atoms with E-state index in [0.29, 0.717) is 27.2 Å². The number of nitrogens with zero attached hydrogens (tertiary/aromatic N) is 1. The lowest BCUT2D eigenvalue weighted by Crippen LogP contribution is -2.15. The highest BCUT2D eigenvalue weighted by Gasteiger charge is 2.12. The van der Waals surface area contributed by atoms with E-state index in [2.05, 4.69) is 36.3 Å². The first-order valence-electron chi connectivity index (χ1n) is 6.69. The lowest BCUT2D eigenvalue weighted by molar-refractivity contribution is -0.113. The number of thioether (sulfide) groups is 1. The van der Waals surface area contributed by atoms with Crippen molar-refractivity contribution in [3.63, 3.8) is 0 Å². The number of aromatic nitrogens is 1. The Labute approximate surface area is 144 Å². The zero-order valence-electron chi connectivity index (χ0n) is 12.5. The van der Waals surface area contributed by atoms with Crippen LogP contribution in [0.15, 0.2) is 29.3 Å². The Balaban J connectivity index is 1.99. The van der Waals surface area contributed by atoms with Gasteiger partial charge in [-0.15, -0.1) is 11.8 Å². The van der Waals surface area contributed by atoms with Crippen molar-refractivity contribution >= 4 is 46.7 Å². The molecule has 0 bridgehead atoms. The Morgan fingerprint density at radius 3 is 2.64 bits per heavy atom. The maximum atomic E-state index is 12.0. The van der Waals surface area contributed by atoms with Gasteiger partial charge in [-0.2, -0.15) is 0 Å². The van der Waals surface area contributed by atoms with Crippen LogP contribution in [0.2, 0.25) is 10.0 Å². The summed E-state index contributed by atoms with van der Waals surface area (Å²) < 4.78 is 0. The number of aryl methyl sites for hydroxylation is 2. The summed E-state index contributed by atoms with van der Waals surface area (Å²) in [7, 11) is 0. The SMILES string of the molecule is Cc1ccc(SCC(=O)Nc2ncc(Cl)c(C)c2Cl)cc1C. The summed E-state index contributed by atoms with van der Waals surface area (Å²) in [6.45, 7) is 5.90. The molecule has 0 saturated carbocycles. The molecular weight excluding hydrogens is 339 g/mol. The van der Waals surface area contributed by atoms with Crippen LogP contribution < -0.4 is 5.32 Å². The Hall–Kier alpha value is -1.23. The van der Waals surface area contributed by atoms with Crippen LogP contribution in [0, 0.1) is 20.8 Å². The Bertz CT molecular complexity index is 720. The van der Waals surface area contributed by atoms with Crippen molar-refractivity contribution < 1.29 is 4.79 Å². The fraction of sp³-hybridized carbons (Fsp3) is 0.250. The van der Waals surface area contributed by atoms with Crippen molar-refractivity contribution in [2.45, 2.75) is 25.7 Å². The molecule has 0 atom stereocenters. The molecule has 1 aromatic heterocycles. The van der Waals surface area contributed by atoms with Crippen LogP contribution in [0.3, 0.4) is 0 Å². The van der Waals surface area contributed by atoms with Crippen LogP contribution >= 0.6 is 35.0 Å². The summed E-state index contributed by atoms with van der Waals surface area (Å²) >= 11 is 13.5. The number of nitrogens with one attached hydrogen (secondary N) is 1. The molecule has 3 nitrogen and oxygen atoms in total. The first kappa shape index (κ1) is 17.1. The molecule has 0 unspecified atom stereocenters. The zero-order valence-corrected chi connectivity index (χ0v) is 14.9. The van der Waals surface area contributed by atoms with Gasteiger partial charge in [0.1, 0.15) is 0 Å². The number of benzene rings is 1. The van der Waals surface area contributed by atoms with Gasteiger partial charge in [0.05, 0.1) is 15.8 Å². The van der Waals surface area contributed by atoms with Crippen LogP contribution in [0.5, 0.6) is 0 Å². The summed E-state index contributed by atoms with van der Waals surface area (Å²) in [5, 5.41) is 3.56. The minimum atomic E-state index is -0.153. The fourth-order valence-corrected chi connectivity index (χ4v) is 2.95. The van der Waals surface area contributed by atoms with Gasteiger partial charge in [-0.1, -0.05) is 29.3 Å². The average Bonchev–Trinajstić information content (AvgIpc) is 2.49. The first-order chi connectivity index (χ1) is 10.4. The van der Waals surface area contributed by atoms with Crippen LogP contribution in [-0.4, -0.2) is 16.6 Å². The molecule has 0 aliphatic carbocycles. The number of rotatable bonds is 4. The zero-order chi connectivity index (χ0) is 16.3. The molecule has 0 saturated heterocycles. The normalized spacial score (nSPS) is 10.6. The van der Waals surface area contributed by atoms with E-state index < -0.39 is 0 Å². The van der Waals surface area contributed by atoms with Crippen LogP contribution in [0.4, 0.5) is 5.82 Å². The largest absolute Gasteiger partial charge is 0.309 e. The van der Waals surface area contributed by atoms with E-state index in [0.717, 1.165) is 4.90 Å². The van der Waals surface area contributed by atoms with Crippen molar-refractivity contribution in [1.82, 2.24) is 4.98 Å². The molecule has 1 aromatic carbocycles. The Morgan fingerprint density at radius 2 is 1.95 bits per heavy atom. The molecule has 2 aromatic rings. The fourth-order valence-electron chi connectivity index (χ4n) is 1.77. The molecule has 2 rings (SSSR count). The van der Waals surface area contributed by atoms with Gasteiger partial charge in [-0.3, -0.25) is 4.79 Å². The number of hydrogen-bond acceptors (Lipinski definition) is 3. The van der Waals surface area contributed by atoms with E-state index in [-0.39, 0.29) is 5.91 Å². The molecule has 0 radical (unpaired) electrons. The van der Waals surface area contributed by atoms with E-state index in [4.69, 9.17) is 23.2 Å². The highest BCUT2D eigenvalue weighted by Crippen LogP contribution is 2.29. The first-order valence-corrected chi connectivity index (χ1v) is 8.43. The van der Waals surface area contributed by atoms with E-state index in [1.54, 1.807) is 6.92 Å². The maximum Gasteiger partial charge on any atom is 0.235 e. The molecule has 1 amide bonds. The van der Waals surface area contributed by atoms with Crippen molar-refractivity contribution in [2.24, 2.45) is 0 Å². The number of carbonyl (C=O) groups is 1. The lowest BCUT2D eigenvalue weighted by atomic mass is 10.1. The molecular formula is C16H16Cl2N2OS. The third-order valence-corrected chi connectivity index (χ3v) is 5.15. The maximum absolute atomic E-state index is 12.0. The van der Waals surface area contributed by atoms with Gasteiger partial charge in [0.2, 0.25) is 5.91 Å². The van der Waals surface area contributed by atoms with Crippen LogP contribution in [0.25, 0.3) is 0 Å². The van der Waals surface area contributed by atoms with Gasteiger partial charge >= 0.3 is 0 Å². The molecule has 6 heteroatoms. The van der Waals surface area contributed by atoms with Gasteiger partial charge in [0.25, 0.3) is 0 Å². The summed E-state index contributed by atoms with van der Waals surface area (Å²) in [5.74, 6) is 0.482. The van der Waals surface area contributed by atoms with Crippen LogP contribution in [0.1, 0.15) is 16.7 Å². The van der Waals surface area contributed by atoms with Gasteiger partial charge in [-0.05, 0) is 49.6 Å². The number of amides is 1. The number of anilines is 1. The topological polar surface area (TPSA) is 42.0 Å².